The molecule has 0 aliphatic carbocycles. The van der Waals surface area contributed by atoms with Crippen LogP contribution in [0.1, 0.15) is 23.0 Å². The van der Waals surface area contributed by atoms with Gasteiger partial charge in [0.05, 0.1) is 12.9 Å². The molecule has 0 fully saturated rings. The molecule has 2 rings (SSSR count). The molecule has 17 heavy (non-hydrogen) atoms. The number of ether oxygens (including phenoxy) is 1. The zero-order valence-corrected chi connectivity index (χ0v) is 9.90. The molecule has 0 amide bonds. The highest BCUT2D eigenvalue weighted by Gasteiger charge is 2.19. The topological polar surface area (TPSA) is 77.0 Å². The number of hydrogen-bond acceptors (Lipinski definition) is 4. The summed E-state index contributed by atoms with van der Waals surface area (Å²) in [6, 6.07) is 0. The Hall–Kier alpha value is -2.11. The summed E-state index contributed by atoms with van der Waals surface area (Å²) in [7, 11) is 1.70. The van der Waals surface area contributed by atoms with Crippen molar-refractivity contribution in [1.29, 1.82) is 0 Å². The van der Waals surface area contributed by atoms with Crippen LogP contribution in [0.25, 0.3) is 11.2 Å². The molecule has 0 bridgehead atoms. The van der Waals surface area contributed by atoms with Crippen molar-refractivity contribution in [3.8, 4) is 0 Å². The van der Waals surface area contributed by atoms with Crippen molar-refractivity contribution in [3.05, 3.63) is 27.8 Å². The molecule has 0 spiro atoms. The fraction of sp³-hybridized carbons (Fsp3) is 0.364. The Morgan fingerprint density at radius 3 is 2.94 bits per heavy atom. The fourth-order valence-corrected chi connectivity index (χ4v) is 1.77. The summed E-state index contributed by atoms with van der Waals surface area (Å²) in [5, 5.41) is 0. The first-order chi connectivity index (χ1) is 8.06. The van der Waals surface area contributed by atoms with Gasteiger partial charge < -0.3 is 14.3 Å². The van der Waals surface area contributed by atoms with E-state index in [9.17, 15) is 9.59 Å². The Labute approximate surface area is 97.2 Å². The number of carbonyl (C=O) groups is 1. The maximum absolute atomic E-state index is 12.2. The second-order valence-electron chi connectivity index (χ2n) is 3.73. The molecule has 0 saturated heterocycles. The highest BCUT2D eigenvalue weighted by atomic mass is 16.5. The third-order valence-electron chi connectivity index (χ3n) is 2.54. The molecule has 0 atom stereocenters. The van der Waals surface area contributed by atoms with Crippen molar-refractivity contribution in [2.45, 2.75) is 13.8 Å². The van der Waals surface area contributed by atoms with Crippen molar-refractivity contribution in [3.63, 3.8) is 0 Å². The molecule has 1 N–H and O–H groups in total. The molecule has 2 heterocycles. The van der Waals surface area contributed by atoms with Crippen LogP contribution >= 0.6 is 0 Å². The van der Waals surface area contributed by atoms with Gasteiger partial charge in [0.25, 0.3) is 0 Å². The van der Waals surface area contributed by atoms with E-state index in [1.54, 1.807) is 25.5 Å². The molecule has 2 aromatic rings. The van der Waals surface area contributed by atoms with Gasteiger partial charge in [-0.2, -0.15) is 0 Å². The summed E-state index contributed by atoms with van der Waals surface area (Å²) in [4.78, 5) is 30.8. The number of carbonyl (C=O) groups excluding carboxylic acids is 1. The summed E-state index contributed by atoms with van der Waals surface area (Å²) < 4.78 is 6.45. The fourth-order valence-electron chi connectivity index (χ4n) is 1.77. The molecule has 0 aromatic carbocycles. The van der Waals surface area contributed by atoms with Crippen LogP contribution in [0.5, 0.6) is 0 Å². The van der Waals surface area contributed by atoms with Crippen LogP contribution in [-0.2, 0) is 11.8 Å². The molecule has 0 saturated carbocycles. The third-order valence-corrected chi connectivity index (χ3v) is 2.54. The molecular weight excluding hydrogens is 222 g/mol. The van der Waals surface area contributed by atoms with E-state index in [1.165, 1.54) is 6.33 Å². The number of fused-ring (bicyclic) bond motifs is 1. The first kappa shape index (κ1) is 11.4. The maximum atomic E-state index is 12.2. The molecule has 2 aromatic heterocycles. The lowest BCUT2D eigenvalue weighted by Crippen LogP contribution is -2.21. The number of esters is 1. The number of aromatic amines is 1. The number of H-pyrrole nitrogens is 1. The van der Waals surface area contributed by atoms with Gasteiger partial charge in [0.2, 0.25) is 5.43 Å². The van der Waals surface area contributed by atoms with E-state index in [1.807, 2.05) is 0 Å². The second-order valence-corrected chi connectivity index (χ2v) is 3.73. The van der Waals surface area contributed by atoms with Gasteiger partial charge in [0, 0.05) is 12.7 Å². The number of pyridine rings is 1. The highest BCUT2D eigenvalue weighted by Crippen LogP contribution is 2.09. The first-order valence-electron chi connectivity index (χ1n) is 5.27. The molecule has 0 radical (unpaired) electrons. The molecule has 6 nitrogen and oxygen atoms in total. The van der Waals surface area contributed by atoms with Gasteiger partial charge in [-0.05, 0) is 13.8 Å². The summed E-state index contributed by atoms with van der Waals surface area (Å²) >= 11 is 0. The molecule has 0 aliphatic heterocycles. The number of nitrogens with one attached hydrogen (secondary N) is 1. The molecule has 0 aliphatic rings. The quantitative estimate of drug-likeness (QED) is 0.779. The largest absolute Gasteiger partial charge is 0.462 e. The van der Waals surface area contributed by atoms with Crippen LogP contribution < -0.4 is 5.43 Å². The van der Waals surface area contributed by atoms with Gasteiger partial charge in [-0.25, -0.2) is 9.78 Å². The Bertz CT molecular complexity index is 639. The number of aromatic nitrogens is 3. The van der Waals surface area contributed by atoms with Gasteiger partial charge in [0.15, 0.2) is 5.65 Å². The van der Waals surface area contributed by atoms with E-state index >= 15 is 0 Å². The maximum Gasteiger partial charge on any atom is 0.343 e. The third kappa shape index (κ3) is 1.71. The van der Waals surface area contributed by atoms with Crippen LogP contribution in [0.4, 0.5) is 0 Å². The zero-order chi connectivity index (χ0) is 12.6. The minimum atomic E-state index is -0.602. The summed E-state index contributed by atoms with van der Waals surface area (Å²) in [5.41, 5.74) is 1.01. The van der Waals surface area contributed by atoms with Crippen LogP contribution in [0.15, 0.2) is 11.1 Å². The molecular formula is C11H13N3O3. The Morgan fingerprint density at radius 2 is 2.29 bits per heavy atom. The highest BCUT2D eigenvalue weighted by molar-refractivity contribution is 5.93. The van der Waals surface area contributed by atoms with Crippen molar-refractivity contribution in [2.75, 3.05) is 6.61 Å². The van der Waals surface area contributed by atoms with E-state index in [-0.39, 0.29) is 17.6 Å². The Kier molecular flexibility index (Phi) is 2.71. The zero-order valence-electron chi connectivity index (χ0n) is 9.90. The standard InChI is InChI=1S/C11H13N3O3/c1-4-17-11(16)7-6(2)13-10-8(9(7)15)14(3)5-12-10/h5H,4H2,1-3H3,(H,13,15). The minimum Gasteiger partial charge on any atom is -0.462 e. The van der Waals surface area contributed by atoms with Crippen LogP contribution in [0.2, 0.25) is 0 Å². The van der Waals surface area contributed by atoms with Crippen LogP contribution in [-0.4, -0.2) is 27.1 Å². The smallest absolute Gasteiger partial charge is 0.343 e. The van der Waals surface area contributed by atoms with Crippen molar-refractivity contribution in [1.82, 2.24) is 14.5 Å². The van der Waals surface area contributed by atoms with Gasteiger partial charge in [0.1, 0.15) is 11.1 Å². The number of imidazole rings is 1. The summed E-state index contributed by atoms with van der Waals surface area (Å²) in [6.45, 7) is 3.59. The van der Waals surface area contributed by atoms with E-state index in [4.69, 9.17) is 4.74 Å². The van der Waals surface area contributed by atoms with Gasteiger partial charge in [-0.15, -0.1) is 0 Å². The lowest BCUT2D eigenvalue weighted by atomic mass is 10.2. The summed E-state index contributed by atoms with van der Waals surface area (Å²) in [6.07, 6.45) is 1.52. The number of hydrogen-bond donors (Lipinski definition) is 1. The molecule has 90 valence electrons. The van der Waals surface area contributed by atoms with Gasteiger partial charge >= 0.3 is 5.97 Å². The van der Waals surface area contributed by atoms with Crippen LogP contribution in [0.3, 0.4) is 0 Å². The Morgan fingerprint density at radius 1 is 1.59 bits per heavy atom. The summed E-state index contributed by atoms with van der Waals surface area (Å²) in [5.74, 6) is -0.602. The predicted octanol–water partition coefficient (Wildman–Crippen LogP) is 0.747. The lowest BCUT2D eigenvalue weighted by molar-refractivity contribution is 0.0523. The normalized spacial score (nSPS) is 10.8. The van der Waals surface area contributed by atoms with E-state index < -0.39 is 5.97 Å². The first-order valence-corrected chi connectivity index (χ1v) is 5.27. The number of aryl methyl sites for hydroxylation is 2. The number of rotatable bonds is 2. The monoisotopic (exact) mass is 235 g/mol. The SMILES string of the molecule is CCOC(=O)c1c(C)[nH]c2ncn(C)c2c1=O. The minimum absolute atomic E-state index is 0.0444. The van der Waals surface area contributed by atoms with Crippen molar-refractivity contribution < 1.29 is 9.53 Å². The molecule has 0 unspecified atom stereocenters. The van der Waals surface area contributed by atoms with Crippen molar-refractivity contribution >= 4 is 17.1 Å². The number of nitrogens with zero attached hydrogens (tertiary/aromatic N) is 2. The van der Waals surface area contributed by atoms with Crippen molar-refractivity contribution in [2.24, 2.45) is 7.05 Å². The van der Waals surface area contributed by atoms with Gasteiger partial charge in [-0.3, -0.25) is 4.79 Å². The van der Waals surface area contributed by atoms with E-state index in [0.29, 0.717) is 16.9 Å². The average Bonchev–Trinajstić information content (AvgIpc) is 2.60. The van der Waals surface area contributed by atoms with E-state index in [2.05, 4.69) is 9.97 Å². The predicted molar refractivity (Wildman–Crippen MR) is 62.0 cm³/mol. The van der Waals surface area contributed by atoms with Gasteiger partial charge in [-0.1, -0.05) is 0 Å². The second kappa shape index (κ2) is 4.04. The van der Waals surface area contributed by atoms with E-state index in [0.717, 1.165) is 0 Å². The Balaban J connectivity index is 2.75. The average molecular weight is 235 g/mol. The van der Waals surface area contributed by atoms with Crippen LogP contribution in [0, 0.1) is 6.92 Å². The lowest BCUT2D eigenvalue weighted by Gasteiger charge is -2.05. The molecule has 6 heteroatoms.